The average molecular weight is 312 g/mol. The monoisotopic (exact) mass is 312 g/mol. The van der Waals surface area contributed by atoms with Gasteiger partial charge in [0.05, 0.1) is 18.8 Å². The number of para-hydroxylation sites is 2. The quantitative estimate of drug-likeness (QED) is 0.862. The summed E-state index contributed by atoms with van der Waals surface area (Å²) in [4.78, 5) is 24.1. The first kappa shape index (κ1) is 16.5. The summed E-state index contributed by atoms with van der Waals surface area (Å²) in [5.74, 6) is 0.0315. The maximum atomic E-state index is 12.1. The fraction of sp³-hybridized carbons (Fsp3) is 0.222. The molecule has 0 spiro atoms. The van der Waals surface area contributed by atoms with Gasteiger partial charge in [0, 0.05) is 5.56 Å². The molecule has 2 amide bonds. The van der Waals surface area contributed by atoms with E-state index in [-0.39, 0.29) is 18.4 Å². The van der Waals surface area contributed by atoms with Gasteiger partial charge in [-0.3, -0.25) is 9.59 Å². The molecule has 2 rings (SSSR count). The van der Waals surface area contributed by atoms with Gasteiger partial charge in [0.25, 0.3) is 5.91 Å². The maximum absolute atomic E-state index is 12.1. The molecule has 23 heavy (non-hydrogen) atoms. The summed E-state index contributed by atoms with van der Waals surface area (Å²) in [7, 11) is 0. The van der Waals surface area contributed by atoms with Crippen LogP contribution in [0, 0.1) is 6.92 Å². The molecule has 2 aromatic rings. The van der Waals surface area contributed by atoms with Gasteiger partial charge >= 0.3 is 0 Å². The van der Waals surface area contributed by atoms with Crippen molar-refractivity contribution in [2.45, 2.75) is 13.8 Å². The number of anilines is 1. The highest BCUT2D eigenvalue weighted by Gasteiger charge is 2.11. The number of carbonyl (C=O) groups excluding carboxylic acids is 2. The number of ether oxygens (including phenoxy) is 1. The Bertz CT molecular complexity index is 698. The molecule has 5 nitrogen and oxygen atoms in total. The van der Waals surface area contributed by atoms with E-state index in [4.69, 9.17) is 4.74 Å². The third kappa shape index (κ3) is 4.57. The van der Waals surface area contributed by atoms with E-state index in [1.165, 1.54) is 0 Å². The topological polar surface area (TPSA) is 67.4 Å². The molecule has 0 saturated carbocycles. The third-order valence-electron chi connectivity index (χ3n) is 3.26. The maximum Gasteiger partial charge on any atom is 0.251 e. The highest BCUT2D eigenvalue weighted by Crippen LogP contribution is 2.23. The first-order chi connectivity index (χ1) is 11.1. The van der Waals surface area contributed by atoms with E-state index in [9.17, 15) is 9.59 Å². The van der Waals surface area contributed by atoms with Gasteiger partial charge in [0.2, 0.25) is 5.91 Å². The van der Waals surface area contributed by atoms with Crippen molar-refractivity contribution in [3.05, 3.63) is 59.7 Å². The summed E-state index contributed by atoms with van der Waals surface area (Å²) in [5, 5.41) is 5.36. The van der Waals surface area contributed by atoms with Crippen molar-refractivity contribution in [1.82, 2.24) is 5.32 Å². The highest BCUT2D eigenvalue weighted by molar-refractivity contribution is 6.00. The Balaban J connectivity index is 1.93. The van der Waals surface area contributed by atoms with Crippen LogP contribution in [0.4, 0.5) is 5.69 Å². The molecule has 0 aliphatic heterocycles. The molecule has 0 radical (unpaired) electrons. The number of aryl methyl sites for hydroxylation is 1. The van der Waals surface area contributed by atoms with E-state index in [0.29, 0.717) is 23.6 Å². The minimum absolute atomic E-state index is 0.104. The van der Waals surface area contributed by atoms with Crippen molar-refractivity contribution < 1.29 is 14.3 Å². The SMILES string of the molecule is CCOc1ccccc1NC(=O)CNC(=O)c1ccccc1C. The van der Waals surface area contributed by atoms with Gasteiger partial charge in [-0.25, -0.2) is 0 Å². The molecule has 5 heteroatoms. The number of amides is 2. The predicted octanol–water partition coefficient (Wildman–Crippen LogP) is 2.76. The summed E-state index contributed by atoms with van der Waals surface area (Å²) in [6.07, 6.45) is 0. The lowest BCUT2D eigenvalue weighted by molar-refractivity contribution is -0.115. The van der Waals surface area contributed by atoms with Crippen LogP contribution in [0.1, 0.15) is 22.8 Å². The van der Waals surface area contributed by atoms with Gasteiger partial charge in [0.15, 0.2) is 0 Å². The van der Waals surface area contributed by atoms with Crippen molar-refractivity contribution in [2.75, 3.05) is 18.5 Å². The van der Waals surface area contributed by atoms with Gasteiger partial charge in [-0.15, -0.1) is 0 Å². The number of nitrogens with one attached hydrogen (secondary N) is 2. The summed E-state index contributed by atoms with van der Waals surface area (Å²) in [5.41, 5.74) is 2.02. The van der Waals surface area contributed by atoms with Gasteiger partial charge in [-0.05, 0) is 37.6 Å². The highest BCUT2D eigenvalue weighted by atomic mass is 16.5. The van der Waals surface area contributed by atoms with Gasteiger partial charge in [-0.2, -0.15) is 0 Å². The Morgan fingerprint density at radius 2 is 1.74 bits per heavy atom. The molecule has 0 heterocycles. The van der Waals surface area contributed by atoms with E-state index in [1.807, 2.05) is 38.1 Å². The molecule has 0 aromatic heterocycles. The summed E-state index contributed by atoms with van der Waals surface area (Å²) in [6, 6.07) is 14.4. The van der Waals surface area contributed by atoms with E-state index >= 15 is 0 Å². The third-order valence-corrected chi connectivity index (χ3v) is 3.26. The van der Waals surface area contributed by atoms with Crippen molar-refractivity contribution in [2.24, 2.45) is 0 Å². The largest absolute Gasteiger partial charge is 0.492 e. The van der Waals surface area contributed by atoms with E-state index in [1.54, 1.807) is 24.3 Å². The number of benzene rings is 2. The number of rotatable bonds is 6. The first-order valence-electron chi connectivity index (χ1n) is 7.47. The Kier molecular flexibility index (Phi) is 5.74. The fourth-order valence-electron chi connectivity index (χ4n) is 2.13. The zero-order chi connectivity index (χ0) is 16.7. The summed E-state index contributed by atoms with van der Waals surface area (Å²) in [6.45, 7) is 4.14. The van der Waals surface area contributed by atoms with Crippen LogP contribution in [0.5, 0.6) is 5.75 Å². The molecule has 2 N–H and O–H groups in total. The normalized spacial score (nSPS) is 10.0. The van der Waals surface area contributed by atoms with E-state index in [0.717, 1.165) is 5.56 Å². The number of hydrogen-bond donors (Lipinski definition) is 2. The van der Waals surface area contributed by atoms with E-state index < -0.39 is 0 Å². The van der Waals surface area contributed by atoms with Crippen LogP contribution in [-0.4, -0.2) is 25.0 Å². The molecule has 0 unspecified atom stereocenters. The lowest BCUT2D eigenvalue weighted by Gasteiger charge is -2.12. The van der Waals surface area contributed by atoms with Crippen LogP contribution in [0.15, 0.2) is 48.5 Å². The Morgan fingerprint density at radius 1 is 1.04 bits per heavy atom. The molecule has 0 fully saturated rings. The summed E-state index contributed by atoms with van der Waals surface area (Å²) < 4.78 is 5.45. The molecule has 120 valence electrons. The molecule has 2 aromatic carbocycles. The Hall–Kier alpha value is -2.82. The second-order valence-electron chi connectivity index (χ2n) is 4.97. The molecule has 0 saturated heterocycles. The van der Waals surface area contributed by atoms with Gasteiger partial charge in [-0.1, -0.05) is 30.3 Å². The zero-order valence-electron chi connectivity index (χ0n) is 13.3. The van der Waals surface area contributed by atoms with Crippen molar-refractivity contribution >= 4 is 17.5 Å². The standard InChI is InChI=1S/C18H20N2O3/c1-3-23-16-11-7-6-10-15(16)20-17(21)12-19-18(22)14-9-5-4-8-13(14)2/h4-11H,3,12H2,1-2H3,(H,19,22)(H,20,21). The Morgan fingerprint density at radius 3 is 2.48 bits per heavy atom. The number of carbonyl (C=O) groups is 2. The van der Waals surface area contributed by atoms with Crippen LogP contribution >= 0.6 is 0 Å². The summed E-state index contributed by atoms with van der Waals surface area (Å²) >= 11 is 0. The van der Waals surface area contributed by atoms with Gasteiger partial charge in [0.1, 0.15) is 5.75 Å². The second kappa shape index (κ2) is 7.98. The van der Waals surface area contributed by atoms with E-state index in [2.05, 4.69) is 10.6 Å². The minimum Gasteiger partial charge on any atom is -0.492 e. The van der Waals surface area contributed by atoms with Gasteiger partial charge < -0.3 is 15.4 Å². The van der Waals surface area contributed by atoms with Crippen molar-refractivity contribution in [1.29, 1.82) is 0 Å². The van der Waals surface area contributed by atoms with Crippen LogP contribution in [-0.2, 0) is 4.79 Å². The smallest absolute Gasteiger partial charge is 0.251 e. The average Bonchev–Trinajstić information content (AvgIpc) is 2.55. The molecular formula is C18H20N2O3. The molecule has 0 aliphatic rings. The zero-order valence-corrected chi connectivity index (χ0v) is 13.3. The molecule has 0 bridgehead atoms. The molecular weight excluding hydrogens is 292 g/mol. The van der Waals surface area contributed by atoms with Crippen molar-refractivity contribution in [3.8, 4) is 5.75 Å². The lowest BCUT2D eigenvalue weighted by Crippen LogP contribution is -2.33. The lowest BCUT2D eigenvalue weighted by atomic mass is 10.1. The molecule has 0 atom stereocenters. The van der Waals surface area contributed by atoms with Crippen LogP contribution in [0.25, 0.3) is 0 Å². The minimum atomic E-state index is -0.306. The van der Waals surface area contributed by atoms with Crippen LogP contribution < -0.4 is 15.4 Å². The van der Waals surface area contributed by atoms with Crippen molar-refractivity contribution in [3.63, 3.8) is 0 Å². The fourth-order valence-corrected chi connectivity index (χ4v) is 2.13. The second-order valence-corrected chi connectivity index (χ2v) is 4.97. The first-order valence-corrected chi connectivity index (χ1v) is 7.47. The van der Waals surface area contributed by atoms with Crippen LogP contribution in [0.3, 0.4) is 0 Å². The van der Waals surface area contributed by atoms with Crippen LogP contribution in [0.2, 0.25) is 0 Å². The number of hydrogen-bond acceptors (Lipinski definition) is 3. The Labute approximate surface area is 135 Å². The molecule has 0 aliphatic carbocycles. The predicted molar refractivity (Wildman–Crippen MR) is 89.8 cm³/mol.